The summed E-state index contributed by atoms with van der Waals surface area (Å²) in [5.74, 6) is 0.380. The molecule has 1 aliphatic carbocycles. The Bertz CT molecular complexity index is 2830. The molecule has 0 spiro atoms. The maximum absolute atomic E-state index is 2.56. The van der Waals surface area contributed by atoms with Crippen LogP contribution in [0, 0.1) is 5.92 Å². The van der Waals surface area contributed by atoms with Gasteiger partial charge in [0.25, 0.3) is 0 Å². The van der Waals surface area contributed by atoms with Crippen molar-refractivity contribution in [2.75, 3.05) is 0 Å². The first-order chi connectivity index (χ1) is 23.2. The van der Waals surface area contributed by atoms with Crippen molar-refractivity contribution in [3.63, 3.8) is 0 Å². The normalized spacial score (nSPS) is 16.1. The van der Waals surface area contributed by atoms with Gasteiger partial charge in [-0.3, -0.25) is 0 Å². The highest BCUT2D eigenvalue weighted by molar-refractivity contribution is 6.12. The van der Waals surface area contributed by atoms with Crippen molar-refractivity contribution in [3.8, 4) is 16.8 Å². The molecule has 1 aliphatic rings. The highest BCUT2D eigenvalue weighted by atomic mass is 15.0. The van der Waals surface area contributed by atoms with E-state index in [9.17, 15) is 0 Å². The van der Waals surface area contributed by atoms with Gasteiger partial charge in [0.1, 0.15) is 0 Å². The van der Waals surface area contributed by atoms with E-state index in [1.54, 1.807) is 0 Å². The van der Waals surface area contributed by atoms with Gasteiger partial charge < -0.3 is 9.13 Å². The standard InChI is InChI=1S/C45H32N2/c1-29-24-31-11-4-5-13-33(31)28-45(29)47-42-17-9-7-15-38(42)40-27-35(20-23-44(40)47)34-19-22-43-39(26-34)37-14-6-8-16-41(37)46(43)36-21-18-30-10-2-3-12-32(30)25-36/h2-29,45H,1H3. The predicted molar refractivity (Wildman–Crippen MR) is 200 cm³/mol. The zero-order chi connectivity index (χ0) is 31.1. The predicted octanol–water partition coefficient (Wildman–Crippen LogP) is 10.2. The van der Waals surface area contributed by atoms with Crippen molar-refractivity contribution in [2.24, 2.45) is 5.92 Å². The molecule has 7 aromatic carbocycles. The van der Waals surface area contributed by atoms with Crippen LogP contribution in [0.15, 0.2) is 152 Å². The van der Waals surface area contributed by atoms with E-state index < -0.39 is 0 Å². The zero-order valence-corrected chi connectivity index (χ0v) is 26.1. The van der Waals surface area contributed by atoms with Gasteiger partial charge in [-0.15, -0.1) is 0 Å². The maximum Gasteiger partial charge on any atom is 0.0592 e. The van der Waals surface area contributed by atoms with Gasteiger partial charge in [-0.05, 0) is 86.8 Å². The molecular formula is C45H32N2. The molecule has 2 nitrogen and oxygen atoms in total. The summed E-state index contributed by atoms with van der Waals surface area (Å²) in [6.45, 7) is 2.34. The van der Waals surface area contributed by atoms with Crippen LogP contribution >= 0.6 is 0 Å². The minimum atomic E-state index is 0.246. The number of hydrogen-bond donors (Lipinski definition) is 0. The molecule has 9 aromatic rings. The molecule has 2 heterocycles. The number of benzene rings is 7. The van der Waals surface area contributed by atoms with E-state index in [4.69, 9.17) is 0 Å². The van der Waals surface area contributed by atoms with Crippen molar-refractivity contribution < 1.29 is 0 Å². The minimum Gasteiger partial charge on any atom is -0.333 e. The van der Waals surface area contributed by atoms with E-state index in [1.165, 1.54) is 81.6 Å². The largest absolute Gasteiger partial charge is 0.333 e. The number of hydrogen-bond acceptors (Lipinski definition) is 0. The van der Waals surface area contributed by atoms with Crippen molar-refractivity contribution in [3.05, 3.63) is 162 Å². The van der Waals surface area contributed by atoms with Gasteiger partial charge in [-0.2, -0.15) is 0 Å². The van der Waals surface area contributed by atoms with Gasteiger partial charge in [-0.25, -0.2) is 0 Å². The summed E-state index contributed by atoms with van der Waals surface area (Å²) in [5, 5.41) is 10.3. The molecule has 0 fully saturated rings. The Morgan fingerprint density at radius 3 is 1.77 bits per heavy atom. The van der Waals surface area contributed by atoms with E-state index in [-0.39, 0.29) is 6.04 Å². The smallest absolute Gasteiger partial charge is 0.0592 e. The maximum atomic E-state index is 2.56. The molecule has 47 heavy (non-hydrogen) atoms. The molecule has 0 N–H and O–H groups in total. The Morgan fingerprint density at radius 1 is 0.426 bits per heavy atom. The molecule has 2 atom stereocenters. The molecular weight excluding hydrogens is 569 g/mol. The summed E-state index contributed by atoms with van der Waals surface area (Å²) in [4.78, 5) is 0. The van der Waals surface area contributed by atoms with Crippen molar-refractivity contribution in [2.45, 2.75) is 13.0 Å². The van der Waals surface area contributed by atoms with Crippen LogP contribution < -0.4 is 10.4 Å². The molecule has 0 aliphatic heterocycles. The molecule has 0 amide bonds. The van der Waals surface area contributed by atoms with E-state index in [0.717, 1.165) is 0 Å². The number of para-hydroxylation sites is 2. The van der Waals surface area contributed by atoms with Crippen LogP contribution in [0.25, 0.3) is 83.4 Å². The summed E-state index contributed by atoms with van der Waals surface area (Å²) in [6, 6.07) is 56.1. The third kappa shape index (κ3) is 3.98. The lowest BCUT2D eigenvalue weighted by molar-refractivity contribution is 0.557. The molecule has 10 rings (SSSR count). The van der Waals surface area contributed by atoms with Crippen molar-refractivity contribution in [1.82, 2.24) is 9.13 Å². The zero-order valence-electron chi connectivity index (χ0n) is 26.1. The molecule has 0 bridgehead atoms. The Hall–Kier alpha value is -5.86. The number of aromatic nitrogens is 2. The average Bonchev–Trinajstić information content (AvgIpc) is 3.63. The highest BCUT2D eigenvalue weighted by Crippen LogP contribution is 2.40. The third-order valence-corrected chi connectivity index (χ3v) is 10.3. The molecule has 0 radical (unpaired) electrons. The Labute approximate surface area is 272 Å². The van der Waals surface area contributed by atoms with E-state index in [1.807, 2.05) is 0 Å². The number of fused-ring (bicyclic) bond motifs is 8. The Balaban J connectivity index is 1.15. The minimum absolute atomic E-state index is 0.246. The lowest BCUT2D eigenvalue weighted by atomic mass is 9.93. The molecule has 0 saturated carbocycles. The van der Waals surface area contributed by atoms with Crippen LogP contribution in [0.2, 0.25) is 0 Å². The average molecular weight is 601 g/mol. The van der Waals surface area contributed by atoms with Crippen molar-refractivity contribution >= 4 is 66.5 Å². The number of nitrogens with zero attached hydrogens (tertiary/aromatic N) is 2. The second-order valence-corrected chi connectivity index (χ2v) is 13.0. The molecule has 222 valence electrons. The van der Waals surface area contributed by atoms with E-state index in [2.05, 4.69) is 180 Å². The van der Waals surface area contributed by atoms with Crippen LogP contribution in [0.4, 0.5) is 0 Å². The van der Waals surface area contributed by atoms with Crippen LogP contribution in [0.5, 0.6) is 0 Å². The quantitative estimate of drug-likeness (QED) is 0.191. The van der Waals surface area contributed by atoms with Gasteiger partial charge in [0, 0.05) is 38.3 Å². The second-order valence-electron chi connectivity index (χ2n) is 13.0. The first-order valence-corrected chi connectivity index (χ1v) is 16.6. The molecule has 2 unspecified atom stereocenters. The van der Waals surface area contributed by atoms with Gasteiger partial charge >= 0.3 is 0 Å². The fourth-order valence-corrected chi connectivity index (χ4v) is 8.09. The Kier molecular flexibility index (Phi) is 5.65. The van der Waals surface area contributed by atoms with Gasteiger partial charge in [-0.1, -0.05) is 122 Å². The fourth-order valence-electron chi connectivity index (χ4n) is 8.09. The molecule has 2 heteroatoms. The van der Waals surface area contributed by atoms with Crippen LogP contribution in [-0.4, -0.2) is 9.13 Å². The first kappa shape index (κ1) is 26.4. The summed E-state index contributed by atoms with van der Waals surface area (Å²) in [5.41, 5.74) is 8.68. The van der Waals surface area contributed by atoms with Gasteiger partial charge in [0.15, 0.2) is 0 Å². The van der Waals surface area contributed by atoms with Gasteiger partial charge in [0.05, 0.1) is 17.1 Å². The van der Waals surface area contributed by atoms with Crippen molar-refractivity contribution in [1.29, 1.82) is 0 Å². The number of rotatable bonds is 3. The summed E-state index contributed by atoms with van der Waals surface area (Å²) in [7, 11) is 0. The molecule has 0 saturated heterocycles. The third-order valence-electron chi connectivity index (χ3n) is 10.3. The lowest BCUT2D eigenvalue weighted by Gasteiger charge is -2.25. The van der Waals surface area contributed by atoms with Gasteiger partial charge in [0.2, 0.25) is 0 Å². The second kappa shape index (κ2) is 10.1. The monoisotopic (exact) mass is 600 g/mol. The van der Waals surface area contributed by atoms with E-state index >= 15 is 0 Å². The van der Waals surface area contributed by atoms with Crippen LogP contribution in [0.1, 0.15) is 13.0 Å². The summed E-state index contributed by atoms with van der Waals surface area (Å²) < 4.78 is 4.97. The summed E-state index contributed by atoms with van der Waals surface area (Å²) in [6.07, 6.45) is 4.89. The lowest BCUT2D eigenvalue weighted by Crippen LogP contribution is -2.32. The SMILES string of the molecule is CC1C=c2ccccc2=CC1n1c2ccccc2c2cc(-c3ccc4c(c3)c3ccccc3n4-c3ccc4ccccc4c3)ccc21. The van der Waals surface area contributed by atoms with Crippen LogP contribution in [0.3, 0.4) is 0 Å². The fraction of sp³-hybridized carbons (Fsp3) is 0.0667. The first-order valence-electron chi connectivity index (χ1n) is 16.6. The molecule has 2 aromatic heterocycles. The Morgan fingerprint density at radius 2 is 0.979 bits per heavy atom. The van der Waals surface area contributed by atoms with Crippen LogP contribution in [-0.2, 0) is 0 Å². The highest BCUT2D eigenvalue weighted by Gasteiger charge is 2.23. The topological polar surface area (TPSA) is 9.86 Å². The van der Waals surface area contributed by atoms with E-state index in [0.29, 0.717) is 5.92 Å². The summed E-state index contributed by atoms with van der Waals surface area (Å²) >= 11 is 0.